The van der Waals surface area contributed by atoms with Gasteiger partial charge in [0, 0.05) is 12.1 Å². The Morgan fingerprint density at radius 2 is 2.00 bits per heavy atom. The number of aryl methyl sites for hydroxylation is 2. The first-order chi connectivity index (χ1) is 6.90. The highest BCUT2D eigenvalue weighted by atomic mass is 19.4. The van der Waals surface area contributed by atoms with E-state index in [0.29, 0.717) is 11.4 Å². The molecule has 0 aliphatic carbocycles. The molecule has 0 spiro atoms. The first-order valence-electron chi connectivity index (χ1n) is 4.42. The van der Waals surface area contributed by atoms with Crippen LogP contribution in [0.2, 0.25) is 0 Å². The van der Waals surface area contributed by atoms with E-state index in [4.69, 9.17) is 5.11 Å². The molecule has 1 aromatic rings. The van der Waals surface area contributed by atoms with Gasteiger partial charge in [0.05, 0.1) is 18.7 Å². The van der Waals surface area contributed by atoms with Crippen LogP contribution in [0.5, 0.6) is 0 Å². The van der Waals surface area contributed by atoms with Crippen LogP contribution < -0.4 is 0 Å². The molecule has 3 nitrogen and oxygen atoms in total. The lowest BCUT2D eigenvalue weighted by atomic mass is 10.2. The number of alkyl halides is 3. The van der Waals surface area contributed by atoms with Gasteiger partial charge in [-0.05, 0) is 13.0 Å². The summed E-state index contributed by atoms with van der Waals surface area (Å²) in [5, 5.41) is 8.80. The van der Waals surface area contributed by atoms with E-state index < -0.39 is 12.6 Å². The van der Waals surface area contributed by atoms with Crippen molar-refractivity contribution in [2.24, 2.45) is 0 Å². The highest BCUT2D eigenvalue weighted by molar-refractivity contribution is 5.09. The molecule has 1 N–H and O–H groups in total. The summed E-state index contributed by atoms with van der Waals surface area (Å²) in [6.45, 7) is 1.36. The third-order valence-corrected chi connectivity index (χ3v) is 1.75. The Bertz CT molecular complexity index is 339. The summed E-state index contributed by atoms with van der Waals surface area (Å²) < 4.78 is 35.8. The second-order valence-electron chi connectivity index (χ2n) is 3.19. The van der Waals surface area contributed by atoms with E-state index in [1.807, 2.05) is 0 Å². The second-order valence-corrected chi connectivity index (χ2v) is 3.19. The highest BCUT2D eigenvalue weighted by Gasteiger charge is 2.27. The van der Waals surface area contributed by atoms with Crippen LogP contribution in [0.25, 0.3) is 0 Å². The van der Waals surface area contributed by atoms with Crippen molar-refractivity contribution in [2.45, 2.75) is 32.5 Å². The van der Waals surface area contributed by atoms with Gasteiger partial charge in [0.1, 0.15) is 5.82 Å². The lowest BCUT2D eigenvalue weighted by Gasteiger charge is -2.06. The number of aromatic nitrogens is 2. The summed E-state index contributed by atoms with van der Waals surface area (Å²) >= 11 is 0. The van der Waals surface area contributed by atoms with Crippen molar-refractivity contribution in [1.29, 1.82) is 0 Å². The molecule has 0 radical (unpaired) electrons. The Balaban J connectivity index is 2.73. The smallest absolute Gasteiger partial charge is 0.389 e. The average molecular weight is 220 g/mol. The summed E-state index contributed by atoms with van der Waals surface area (Å²) in [5.74, 6) is 0.122. The molecule has 0 aromatic carbocycles. The fourth-order valence-corrected chi connectivity index (χ4v) is 1.15. The van der Waals surface area contributed by atoms with Crippen molar-refractivity contribution in [2.75, 3.05) is 0 Å². The van der Waals surface area contributed by atoms with Gasteiger partial charge < -0.3 is 5.11 Å². The van der Waals surface area contributed by atoms with Crippen LogP contribution in [0.1, 0.15) is 23.6 Å². The van der Waals surface area contributed by atoms with E-state index in [0.717, 1.165) is 0 Å². The molecule has 1 rings (SSSR count). The van der Waals surface area contributed by atoms with Gasteiger partial charge in [-0.1, -0.05) is 0 Å². The number of halogens is 3. The lowest BCUT2D eigenvalue weighted by Crippen LogP contribution is -2.11. The third kappa shape index (κ3) is 4.24. The maximum absolute atomic E-state index is 11.9. The quantitative estimate of drug-likeness (QED) is 0.844. The van der Waals surface area contributed by atoms with Crippen molar-refractivity contribution in [3.63, 3.8) is 0 Å². The molecule has 6 heteroatoms. The normalized spacial score (nSPS) is 11.8. The minimum atomic E-state index is -4.20. The van der Waals surface area contributed by atoms with E-state index in [1.54, 1.807) is 6.92 Å². The van der Waals surface area contributed by atoms with Crippen LogP contribution in [0.4, 0.5) is 13.2 Å². The first kappa shape index (κ1) is 11.9. The fraction of sp³-hybridized carbons (Fsp3) is 0.556. The summed E-state index contributed by atoms with van der Waals surface area (Å²) in [6.07, 6.45) is -5.40. The molecule has 0 aliphatic heterocycles. The van der Waals surface area contributed by atoms with Crippen LogP contribution in [0, 0.1) is 6.92 Å². The molecular weight excluding hydrogens is 209 g/mol. The average Bonchev–Trinajstić information content (AvgIpc) is 2.13. The van der Waals surface area contributed by atoms with Crippen LogP contribution >= 0.6 is 0 Å². The predicted molar refractivity (Wildman–Crippen MR) is 47.1 cm³/mol. The number of nitrogens with zero attached hydrogens (tertiary/aromatic N) is 2. The zero-order valence-corrected chi connectivity index (χ0v) is 8.17. The standard InChI is InChI=1S/C9H11F3N2O/c1-6-4-7(5-15)14-8(13-6)2-3-9(10,11)12/h4,15H,2-3,5H2,1H3. The van der Waals surface area contributed by atoms with E-state index in [-0.39, 0.29) is 18.9 Å². The Hall–Kier alpha value is -1.17. The lowest BCUT2D eigenvalue weighted by molar-refractivity contribution is -0.134. The van der Waals surface area contributed by atoms with E-state index in [1.165, 1.54) is 6.07 Å². The number of hydrogen-bond donors (Lipinski definition) is 1. The van der Waals surface area contributed by atoms with Gasteiger partial charge in [0.2, 0.25) is 0 Å². The minimum Gasteiger partial charge on any atom is -0.390 e. The molecule has 15 heavy (non-hydrogen) atoms. The predicted octanol–water partition coefficient (Wildman–Crippen LogP) is 1.77. The number of hydrogen-bond acceptors (Lipinski definition) is 3. The molecule has 1 aromatic heterocycles. The van der Waals surface area contributed by atoms with Crippen LogP contribution in [0.3, 0.4) is 0 Å². The number of aliphatic hydroxyl groups is 1. The zero-order valence-electron chi connectivity index (χ0n) is 8.17. The van der Waals surface area contributed by atoms with Crippen molar-refractivity contribution in [3.8, 4) is 0 Å². The molecular formula is C9H11F3N2O. The van der Waals surface area contributed by atoms with Crippen molar-refractivity contribution < 1.29 is 18.3 Å². The molecule has 0 aliphatic rings. The van der Waals surface area contributed by atoms with Gasteiger partial charge in [-0.2, -0.15) is 13.2 Å². The summed E-state index contributed by atoms with van der Waals surface area (Å²) in [5.41, 5.74) is 0.908. The first-order valence-corrected chi connectivity index (χ1v) is 4.42. The van der Waals surface area contributed by atoms with Gasteiger partial charge >= 0.3 is 6.18 Å². The van der Waals surface area contributed by atoms with Crippen molar-refractivity contribution >= 4 is 0 Å². The molecule has 0 atom stereocenters. The van der Waals surface area contributed by atoms with Gasteiger partial charge in [0.25, 0.3) is 0 Å². The minimum absolute atomic E-state index is 0.122. The summed E-state index contributed by atoms with van der Waals surface area (Å²) in [6, 6.07) is 1.54. The molecule has 0 unspecified atom stereocenters. The maximum Gasteiger partial charge on any atom is 0.389 e. The fourth-order valence-electron chi connectivity index (χ4n) is 1.15. The second kappa shape index (κ2) is 4.57. The molecule has 0 bridgehead atoms. The molecule has 1 heterocycles. The zero-order chi connectivity index (χ0) is 11.5. The molecule has 0 amide bonds. The molecule has 84 valence electrons. The summed E-state index contributed by atoms with van der Waals surface area (Å²) in [7, 11) is 0. The van der Waals surface area contributed by atoms with Gasteiger partial charge in [-0.3, -0.25) is 0 Å². The maximum atomic E-state index is 11.9. The Morgan fingerprint density at radius 1 is 1.33 bits per heavy atom. The Labute approximate surface area is 85.0 Å². The molecule has 0 fully saturated rings. The Kier molecular flexibility index (Phi) is 3.62. The van der Waals surface area contributed by atoms with Crippen LogP contribution in [0.15, 0.2) is 6.07 Å². The van der Waals surface area contributed by atoms with Gasteiger partial charge in [-0.15, -0.1) is 0 Å². The van der Waals surface area contributed by atoms with Crippen LogP contribution in [-0.4, -0.2) is 21.3 Å². The Morgan fingerprint density at radius 3 is 2.53 bits per heavy atom. The number of rotatable bonds is 3. The van der Waals surface area contributed by atoms with Crippen LogP contribution in [-0.2, 0) is 13.0 Å². The molecule has 0 saturated carbocycles. The van der Waals surface area contributed by atoms with Crippen molar-refractivity contribution in [1.82, 2.24) is 9.97 Å². The van der Waals surface area contributed by atoms with Gasteiger partial charge in [0.15, 0.2) is 0 Å². The monoisotopic (exact) mass is 220 g/mol. The van der Waals surface area contributed by atoms with Gasteiger partial charge in [-0.25, -0.2) is 9.97 Å². The largest absolute Gasteiger partial charge is 0.390 e. The molecule has 0 saturated heterocycles. The third-order valence-electron chi connectivity index (χ3n) is 1.75. The summed E-state index contributed by atoms with van der Waals surface area (Å²) in [4.78, 5) is 7.66. The van der Waals surface area contributed by atoms with E-state index in [2.05, 4.69) is 9.97 Å². The highest BCUT2D eigenvalue weighted by Crippen LogP contribution is 2.21. The topological polar surface area (TPSA) is 46.0 Å². The van der Waals surface area contributed by atoms with E-state index >= 15 is 0 Å². The van der Waals surface area contributed by atoms with Crippen molar-refractivity contribution in [3.05, 3.63) is 23.3 Å². The SMILES string of the molecule is Cc1cc(CO)nc(CCC(F)(F)F)n1. The number of aliphatic hydroxyl groups excluding tert-OH is 1. The van der Waals surface area contributed by atoms with E-state index in [9.17, 15) is 13.2 Å².